The molecule has 0 spiro atoms. The van der Waals surface area contributed by atoms with Crippen molar-refractivity contribution in [3.8, 4) is 11.1 Å². The lowest BCUT2D eigenvalue weighted by atomic mass is 10.1. The first-order chi connectivity index (χ1) is 12.8. The zero-order valence-electron chi connectivity index (χ0n) is 14.2. The fourth-order valence-corrected chi connectivity index (χ4v) is 10.0. The number of hydrogen-bond donors (Lipinski definition) is 0. The van der Waals surface area contributed by atoms with E-state index in [1.807, 2.05) is 6.07 Å². The summed E-state index contributed by atoms with van der Waals surface area (Å²) >= 11 is 6.72. The molecular weight excluding hydrogens is 352 g/mol. The van der Waals surface area contributed by atoms with Gasteiger partial charge >= 0.3 is 0 Å². The minimum absolute atomic E-state index is 0.844. The predicted octanol–water partition coefficient (Wildman–Crippen LogP) is 3.70. The van der Waals surface area contributed by atoms with Crippen molar-refractivity contribution in [3.63, 3.8) is 0 Å². The fourth-order valence-electron chi connectivity index (χ4n) is 4.45. The molecule has 0 fully saturated rings. The average Bonchev–Trinajstić information content (AvgIpc) is 3.02. The highest BCUT2D eigenvalue weighted by Gasteiger charge is 2.48. The first-order valence-corrected chi connectivity index (χ1v) is 11.2. The second kappa shape index (κ2) is 5.98. The lowest BCUT2D eigenvalue weighted by Crippen LogP contribution is -2.72. The van der Waals surface area contributed by atoms with E-state index in [1.165, 1.54) is 31.9 Å². The Balaban J connectivity index is 2.00. The number of benzene rings is 4. The third-order valence-electron chi connectivity index (χ3n) is 5.43. The molecule has 0 N–H and O–H groups in total. The van der Waals surface area contributed by atoms with Crippen LogP contribution in [0.3, 0.4) is 0 Å². The van der Waals surface area contributed by atoms with E-state index in [4.69, 9.17) is 11.6 Å². The Morgan fingerprint density at radius 3 is 1.69 bits per heavy atom. The molecule has 0 unspecified atom stereocenters. The first-order valence-electron chi connectivity index (χ1n) is 8.83. The van der Waals surface area contributed by atoms with Crippen LogP contribution in [0, 0.1) is 0 Å². The van der Waals surface area contributed by atoms with Crippen molar-refractivity contribution in [2.24, 2.45) is 0 Å². The summed E-state index contributed by atoms with van der Waals surface area (Å²) in [6.45, 7) is 0. The van der Waals surface area contributed by atoms with Crippen LogP contribution in [0.4, 0.5) is 0 Å². The lowest BCUT2D eigenvalue weighted by molar-refractivity contribution is 1.70. The molecule has 0 bridgehead atoms. The summed E-state index contributed by atoms with van der Waals surface area (Å²) in [6.07, 6.45) is 0. The van der Waals surface area contributed by atoms with Crippen molar-refractivity contribution in [3.05, 3.63) is 108 Å². The van der Waals surface area contributed by atoms with Crippen molar-refractivity contribution in [1.82, 2.24) is 0 Å². The molecule has 0 amide bonds. The molecule has 1 aliphatic rings. The molecule has 4 aromatic carbocycles. The van der Waals surface area contributed by atoms with Gasteiger partial charge in [0.15, 0.2) is 8.07 Å². The van der Waals surface area contributed by atoms with Crippen LogP contribution in [0.1, 0.15) is 0 Å². The Bertz CT molecular complexity index is 1050. The van der Waals surface area contributed by atoms with Crippen molar-refractivity contribution < 1.29 is 0 Å². The van der Waals surface area contributed by atoms with Crippen LogP contribution in [-0.2, 0) is 0 Å². The third kappa shape index (κ3) is 2.02. The van der Waals surface area contributed by atoms with Gasteiger partial charge in [0.05, 0.1) is 0 Å². The van der Waals surface area contributed by atoms with Crippen LogP contribution >= 0.6 is 11.6 Å². The van der Waals surface area contributed by atoms with Gasteiger partial charge in [0.1, 0.15) is 0 Å². The smallest absolute Gasteiger partial charge is 0.0837 e. The highest BCUT2D eigenvalue weighted by atomic mass is 35.5. The summed E-state index contributed by atoms with van der Waals surface area (Å²) in [5.41, 5.74) is 2.50. The monoisotopic (exact) mass is 368 g/mol. The Hall–Kier alpha value is -2.61. The van der Waals surface area contributed by atoms with E-state index in [0.29, 0.717) is 0 Å². The van der Waals surface area contributed by atoms with Crippen LogP contribution in [0.15, 0.2) is 103 Å². The molecule has 0 aromatic heterocycles. The second-order valence-corrected chi connectivity index (χ2v) is 10.8. The quantitative estimate of drug-likeness (QED) is 0.417. The van der Waals surface area contributed by atoms with E-state index < -0.39 is 8.07 Å². The third-order valence-corrected chi connectivity index (χ3v) is 10.6. The highest BCUT2D eigenvalue weighted by molar-refractivity contribution is 7.22. The number of rotatable bonds is 2. The van der Waals surface area contributed by atoms with Crippen molar-refractivity contribution >= 4 is 40.4 Å². The molecule has 2 heteroatoms. The largest absolute Gasteiger partial charge is 0.180 e. The zero-order chi connectivity index (χ0) is 17.6. The van der Waals surface area contributed by atoms with Gasteiger partial charge in [-0.15, -0.1) is 0 Å². The number of halogens is 1. The van der Waals surface area contributed by atoms with Crippen LogP contribution in [0.2, 0.25) is 5.02 Å². The summed E-state index contributed by atoms with van der Waals surface area (Å²) in [5.74, 6) is 0. The molecule has 5 rings (SSSR count). The summed E-state index contributed by atoms with van der Waals surface area (Å²) < 4.78 is 0. The summed E-state index contributed by atoms with van der Waals surface area (Å²) in [4.78, 5) is 0. The lowest BCUT2D eigenvalue weighted by Gasteiger charge is -2.31. The van der Waals surface area contributed by atoms with Gasteiger partial charge in [-0.05, 0) is 32.4 Å². The standard InChI is InChI=1S/C24H17ClSi/c25-21-15-9-17-23-24(21)20-14-7-8-16-22(20)26(23,18-10-3-1-4-11-18)19-12-5-2-6-13-19/h1-17H. The number of hydrogen-bond acceptors (Lipinski definition) is 0. The van der Waals surface area contributed by atoms with Gasteiger partial charge < -0.3 is 0 Å². The topological polar surface area (TPSA) is 0 Å². The van der Waals surface area contributed by atoms with Gasteiger partial charge in [0, 0.05) is 10.6 Å². The molecule has 124 valence electrons. The van der Waals surface area contributed by atoms with E-state index in [9.17, 15) is 0 Å². The van der Waals surface area contributed by atoms with Crippen molar-refractivity contribution in [1.29, 1.82) is 0 Å². The first kappa shape index (κ1) is 15.6. The van der Waals surface area contributed by atoms with E-state index in [2.05, 4.69) is 97.1 Å². The van der Waals surface area contributed by atoms with E-state index >= 15 is 0 Å². The maximum atomic E-state index is 6.72. The van der Waals surface area contributed by atoms with E-state index in [0.717, 1.165) is 5.02 Å². The molecule has 0 nitrogen and oxygen atoms in total. The Kier molecular flexibility index (Phi) is 3.59. The zero-order valence-corrected chi connectivity index (χ0v) is 15.9. The van der Waals surface area contributed by atoms with Crippen LogP contribution in [0.5, 0.6) is 0 Å². The molecule has 0 aliphatic carbocycles. The van der Waals surface area contributed by atoms with Crippen LogP contribution in [0.25, 0.3) is 11.1 Å². The van der Waals surface area contributed by atoms with Crippen LogP contribution < -0.4 is 20.7 Å². The Morgan fingerprint density at radius 1 is 0.500 bits per heavy atom. The second-order valence-electron chi connectivity index (χ2n) is 6.69. The van der Waals surface area contributed by atoms with Crippen LogP contribution in [-0.4, -0.2) is 8.07 Å². The van der Waals surface area contributed by atoms with Gasteiger partial charge in [0.2, 0.25) is 0 Å². The molecule has 0 saturated heterocycles. The van der Waals surface area contributed by atoms with E-state index in [1.54, 1.807) is 0 Å². The molecule has 4 aromatic rings. The van der Waals surface area contributed by atoms with Gasteiger partial charge in [-0.2, -0.15) is 0 Å². The Labute approximate surface area is 159 Å². The molecular formula is C24H17ClSi. The molecule has 0 atom stereocenters. The van der Waals surface area contributed by atoms with Gasteiger partial charge in [-0.3, -0.25) is 0 Å². The SMILES string of the molecule is Clc1cccc2c1-c1ccccc1[Si]2(c1ccccc1)c1ccccc1. The Morgan fingerprint density at radius 2 is 1.04 bits per heavy atom. The fraction of sp³-hybridized carbons (Fsp3) is 0. The van der Waals surface area contributed by atoms with Gasteiger partial charge in [-0.1, -0.05) is 109 Å². The summed E-state index contributed by atoms with van der Waals surface area (Å²) in [7, 11) is -2.34. The number of fused-ring (bicyclic) bond motifs is 3. The normalized spacial score (nSPS) is 13.9. The maximum absolute atomic E-state index is 6.72. The van der Waals surface area contributed by atoms with Gasteiger partial charge in [0.25, 0.3) is 0 Å². The van der Waals surface area contributed by atoms with Crippen molar-refractivity contribution in [2.75, 3.05) is 0 Å². The minimum atomic E-state index is -2.34. The van der Waals surface area contributed by atoms with Crippen molar-refractivity contribution in [2.45, 2.75) is 0 Å². The molecule has 0 saturated carbocycles. The predicted molar refractivity (Wildman–Crippen MR) is 114 cm³/mol. The molecule has 26 heavy (non-hydrogen) atoms. The van der Waals surface area contributed by atoms with Gasteiger partial charge in [-0.25, -0.2) is 0 Å². The highest BCUT2D eigenvalue weighted by Crippen LogP contribution is 2.33. The molecule has 1 aliphatic heterocycles. The molecule has 0 radical (unpaired) electrons. The maximum Gasteiger partial charge on any atom is 0.180 e. The molecule has 1 heterocycles. The average molecular weight is 369 g/mol. The van der Waals surface area contributed by atoms with E-state index in [-0.39, 0.29) is 0 Å². The summed E-state index contributed by atoms with van der Waals surface area (Å²) in [6, 6.07) is 37.1. The summed E-state index contributed by atoms with van der Waals surface area (Å²) in [5, 5.41) is 6.47. The minimum Gasteiger partial charge on any atom is -0.0837 e.